The molecule has 0 fully saturated rings. The molecule has 6 heavy (non-hydrogen) atoms. The van der Waals surface area contributed by atoms with Gasteiger partial charge in [0, 0.05) is 23.9 Å². The molecule has 0 heterocycles. The van der Waals surface area contributed by atoms with Crippen LogP contribution in [-0.4, -0.2) is 23.9 Å². The predicted octanol–water partition coefficient (Wildman–Crippen LogP) is -1.76. The Kier molecular flexibility index (Phi) is 42.1. The van der Waals surface area contributed by atoms with Crippen LogP contribution in [0.15, 0.2) is 0 Å². The third-order valence-corrected chi connectivity index (χ3v) is 0.354. The van der Waals surface area contributed by atoms with Gasteiger partial charge in [0.15, 0.2) is 0 Å². The monoisotopic (exact) mass is 184 g/mol. The molecule has 0 amide bonds. The van der Waals surface area contributed by atoms with E-state index in [4.69, 9.17) is 0 Å². The third-order valence-electron chi connectivity index (χ3n) is 0.354. The smallest absolute Gasteiger partial charge is 0.343 e. The second-order valence-electron chi connectivity index (χ2n) is 0.854. The molecular formula is C4H9LiSn. The average Bonchev–Trinajstić information content (AvgIpc) is 1.37. The summed E-state index contributed by atoms with van der Waals surface area (Å²) in [7, 11) is 0. The van der Waals surface area contributed by atoms with Crippen molar-refractivity contribution in [3.8, 4) is 0 Å². The minimum atomic E-state index is 0. The molecule has 30 valence electrons. The van der Waals surface area contributed by atoms with Gasteiger partial charge >= 0.3 is 18.9 Å². The minimum absolute atomic E-state index is 0. The van der Waals surface area contributed by atoms with Gasteiger partial charge in [-0.25, -0.2) is 0 Å². The van der Waals surface area contributed by atoms with Gasteiger partial charge in [0.05, 0.1) is 0 Å². The Balaban J connectivity index is -0.0000000450. The van der Waals surface area contributed by atoms with E-state index in [0.29, 0.717) is 0 Å². The summed E-state index contributed by atoms with van der Waals surface area (Å²) in [5.74, 6) is 0. The maximum absolute atomic E-state index is 3.60. The van der Waals surface area contributed by atoms with Crippen LogP contribution in [0.1, 0.15) is 19.8 Å². The first kappa shape index (κ1) is 15.7. The van der Waals surface area contributed by atoms with Crippen LogP contribution in [0.5, 0.6) is 0 Å². The molecule has 0 saturated carbocycles. The number of hydrogen-bond acceptors (Lipinski definition) is 0. The summed E-state index contributed by atoms with van der Waals surface area (Å²) in [4.78, 5) is 0. The summed E-state index contributed by atoms with van der Waals surface area (Å²) in [6.45, 7) is 5.72. The standard InChI is InChI=1S/C4H9.Li.Sn/c1-3-4-2;;/h1,3-4H2,2H3;;/q-1;+1;. The molecule has 0 aliphatic carbocycles. The average molecular weight is 183 g/mol. The molecule has 2 heteroatoms. The Morgan fingerprint density at radius 2 is 1.67 bits per heavy atom. The van der Waals surface area contributed by atoms with Crippen molar-refractivity contribution in [3.63, 3.8) is 0 Å². The maximum atomic E-state index is 3.60. The zero-order valence-corrected chi connectivity index (χ0v) is 7.48. The maximum Gasteiger partial charge on any atom is 1.00 e. The summed E-state index contributed by atoms with van der Waals surface area (Å²) >= 11 is 0. The normalized spacial score (nSPS) is 5.00. The van der Waals surface area contributed by atoms with E-state index in [2.05, 4.69) is 13.8 Å². The second kappa shape index (κ2) is 16.1. The van der Waals surface area contributed by atoms with Crippen LogP contribution < -0.4 is 18.9 Å². The van der Waals surface area contributed by atoms with Crippen molar-refractivity contribution >= 4 is 23.9 Å². The molecule has 0 N–H and O–H groups in total. The van der Waals surface area contributed by atoms with E-state index in [0.717, 1.165) is 6.42 Å². The topological polar surface area (TPSA) is 0 Å². The van der Waals surface area contributed by atoms with Crippen LogP contribution in [-0.2, 0) is 0 Å². The molecule has 0 aliphatic rings. The van der Waals surface area contributed by atoms with Crippen molar-refractivity contribution in [2.24, 2.45) is 0 Å². The summed E-state index contributed by atoms with van der Waals surface area (Å²) in [5.41, 5.74) is 0. The zero-order valence-electron chi connectivity index (χ0n) is 4.62. The third kappa shape index (κ3) is 18.2. The molecule has 0 aliphatic heterocycles. The SMILES string of the molecule is [CH2-]CCC.[Li+].[Sn]. The number of unbranched alkanes of at least 4 members (excludes halogenated alkanes) is 1. The predicted molar refractivity (Wildman–Crippen MR) is 26.0 cm³/mol. The Bertz CT molecular complexity index is 9.51. The first-order valence-corrected chi connectivity index (χ1v) is 1.71. The van der Waals surface area contributed by atoms with E-state index in [1.807, 2.05) is 0 Å². The van der Waals surface area contributed by atoms with E-state index in [1.54, 1.807) is 0 Å². The number of rotatable bonds is 1. The van der Waals surface area contributed by atoms with Gasteiger partial charge in [-0.15, -0.1) is 0 Å². The Morgan fingerprint density at radius 3 is 1.67 bits per heavy atom. The largest absolute Gasteiger partial charge is 1.00 e. The van der Waals surface area contributed by atoms with Crippen LogP contribution in [0, 0.1) is 6.92 Å². The van der Waals surface area contributed by atoms with Gasteiger partial charge < -0.3 is 6.92 Å². The van der Waals surface area contributed by atoms with Crippen molar-refractivity contribution < 1.29 is 18.9 Å². The van der Waals surface area contributed by atoms with E-state index in [9.17, 15) is 0 Å². The minimum Gasteiger partial charge on any atom is -0.343 e. The van der Waals surface area contributed by atoms with Crippen molar-refractivity contribution in [1.82, 2.24) is 0 Å². The zero-order chi connectivity index (χ0) is 3.41. The molecule has 0 unspecified atom stereocenters. The molecule has 0 spiro atoms. The van der Waals surface area contributed by atoms with Crippen molar-refractivity contribution in [1.29, 1.82) is 0 Å². The van der Waals surface area contributed by atoms with Crippen LogP contribution in [0.3, 0.4) is 0 Å². The Hall–Kier alpha value is 1.40. The van der Waals surface area contributed by atoms with Crippen LogP contribution in [0.2, 0.25) is 0 Å². The van der Waals surface area contributed by atoms with E-state index in [-0.39, 0.29) is 42.8 Å². The molecule has 0 aromatic heterocycles. The summed E-state index contributed by atoms with van der Waals surface area (Å²) < 4.78 is 0. The quantitative estimate of drug-likeness (QED) is 0.333. The van der Waals surface area contributed by atoms with Gasteiger partial charge in [0.1, 0.15) is 0 Å². The van der Waals surface area contributed by atoms with Gasteiger partial charge in [0.25, 0.3) is 0 Å². The number of hydrogen-bond donors (Lipinski definition) is 0. The van der Waals surface area contributed by atoms with Gasteiger partial charge in [0.2, 0.25) is 0 Å². The molecule has 0 bridgehead atoms. The first-order chi connectivity index (χ1) is 1.91. The van der Waals surface area contributed by atoms with Crippen LogP contribution in [0.25, 0.3) is 0 Å². The Morgan fingerprint density at radius 1 is 1.50 bits per heavy atom. The fourth-order valence-corrected chi connectivity index (χ4v) is 0. The van der Waals surface area contributed by atoms with E-state index in [1.165, 1.54) is 6.42 Å². The van der Waals surface area contributed by atoms with E-state index >= 15 is 0 Å². The molecule has 0 nitrogen and oxygen atoms in total. The van der Waals surface area contributed by atoms with E-state index < -0.39 is 0 Å². The fourth-order valence-electron chi connectivity index (χ4n) is 0. The summed E-state index contributed by atoms with van der Waals surface area (Å²) in [5, 5.41) is 0. The molecule has 4 radical (unpaired) electrons. The molecule has 0 rings (SSSR count). The van der Waals surface area contributed by atoms with Gasteiger partial charge in [-0.1, -0.05) is 13.3 Å². The molecular weight excluding hydrogens is 174 g/mol. The first-order valence-electron chi connectivity index (χ1n) is 1.71. The molecule has 0 aromatic carbocycles. The van der Waals surface area contributed by atoms with Crippen molar-refractivity contribution in [2.75, 3.05) is 0 Å². The molecule has 0 saturated heterocycles. The Labute approximate surface area is 69.2 Å². The van der Waals surface area contributed by atoms with Gasteiger partial charge in [-0.05, 0) is 0 Å². The van der Waals surface area contributed by atoms with Crippen LogP contribution >= 0.6 is 0 Å². The van der Waals surface area contributed by atoms with Crippen LogP contribution in [0.4, 0.5) is 0 Å². The summed E-state index contributed by atoms with van der Waals surface area (Å²) in [6, 6.07) is 0. The van der Waals surface area contributed by atoms with Crippen molar-refractivity contribution in [3.05, 3.63) is 6.92 Å². The molecule has 0 atom stereocenters. The molecule has 0 aromatic rings. The second-order valence-corrected chi connectivity index (χ2v) is 0.854. The fraction of sp³-hybridized carbons (Fsp3) is 0.750. The summed E-state index contributed by atoms with van der Waals surface area (Å²) in [6.07, 6.45) is 2.28. The van der Waals surface area contributed by atoms with Gasteiger partial charge in [-0.3, -0.25) is 0 Å². The van der Waals surface area contributed by atoms with Gasteiger partial charge in [-0.2, -0.15) is 6.42 Å². The van der Waals surface area contributed by atoms with Crippen molar-refractivity contribution in [2.45, 2.75) is 19.8 Å².